The summed E-state index contributed by atoms with van der Waals surface area (Å²) in [6.45, 7) is 0. The first-order chi connectivity index (χ1) is 6.75. The minimum atomic E-state index is -4.19. The summed E-state index contributed by atoms with van der Waals surface area (Å²) in [6.07, 6.45) is -2.29. The van der Waals surface area contributed by atoms with E-state index in [0.29, 0.717) is 0 Å². The van der Waals surface area contributed by atoms with Crippen molar-refractivity contribution in [1.82, 2.24) is 4.98 Å². The molecule has 1 aromatic rings. The predicted octanol–water partition coefficient (Wildman–Crippen LogP) is 0.902. The van der Waals surface area contributed by atoms with Gasteiger partial charge in [-0.1, -0.05) is 11.6 Å². The third-order valence-electron chi connectivity index (χ3n) is 1.60. The van der Waals surface area contributed by atoms with Crippen LogP contribution in [0.2, 0.25) is 5.15 Å². The number of aromatic nitrogens is 1. The molecule has 0 fully saturated rings. The van der Waals surface area contributed by atoms with Gasteiger partial charge in [-0.2, -0.15) is 0 Å². The predicted molar refractivity (Wildman–Crippen MR) is 50.0 cm³/mol. The van der Waals surface area contributed by atoms with Crippen molar-refractivity contribution in [3.8, 4) is 0 Å². The lowest BCUT2D eigenvalue weighted by atomic mass is 10.2. The van der Waals surface area contributed by atoms with Crippen LogP contribution in [0.25, 0.3) is 0 Å². The van der Waals surface area contributed by atoms with Gasteiger partial charge in [0.05, 0.1) is 17.4 Å². The normalized spacial score (nSPS) is 12.1. The van der Waals surface area contributed by atoms with Crippen molar-refractivity contribution >= 4 is 27.3 Å². The summed E-state index contributed by atoms with van der Waals surface area (Å²) in [6, 6.07) is 0. The fraction of sp³-hybridized carbons (Fsp3) is 0.167. The third-order valence-corrected chi connectivity index (χ3v) is 2.84. The first-order valence-electron chi connectivity index (χ1n) is 3.50. The van der Waals surface area contributed by atoms with Crippen molar-refractivity contribution in [2.75, 3.05) is 5.73 Å². The highest BCUT2D eigenvalue weighted by molar-refractivity contribution is 7.89. The Balaban J connectivity index is 3.56. The molecule has 0 bridgehead atoms. The maximum Gasteiger partial charge on any atom is 0.268 e. The quantitative estimate of drug-likeness (QED) is 0.769. The summed E-state index contributed by atoms with van der Waals surface area (Å²) in [4.78, 5) is 2.61. The van der Waals surface area contributed by atoms with Gasteiger partial charge in [-0.3, -0.25) is 0 Å². The molecule has 0 aliphatic heterocycles. The maximum absolute atomic E-state index is 12.4. The van der Waals surface area contributed by atoms with Crippen LogP contribution in [0.1, 0.15) is 12.0 Å². The van der Waals surface area contributed by atoms with E-state index in [9.17, 15) is 17.2 Å². The van der Waals surface area contributed by atoms with E-state index in [1.807, 2.05) is 0 Å². The van der Waals surface area contributed by atoms with Gasteiger partial charge in [-0.05, 0) is 0 Å². The summed E-state index contributed by atoms with van der Waals surface area (Å²) in [5.41, 5.74) is 3.70. The number of nitrogens with zero attached hydrogens (tertiary/aromatic N) is 1. The molecule has 0 unspecified atom stereocenters. The van der Waals surface area contributed by atoms with E-state index in [1.165, 1.54) is 0 Å². The molecular weight excluding hydrogens is 252 g/mol. The Morgan fingerprint density at radius 2 is 2.00 bits per heavy atom. The molecule has 15 heavy (non-hydrogen) atoms. The SMILES string of the molecule is Nc1c(S(N)(=O)=O)cnc(Cl)c1C(F)F. The van der Waals surface area contributed by atoms with Gasteiger partial charge in [0.2, 0.25) is 10.0 Å². The average Bonchev–Trinajstić information content (AvgIpc) is 2.00. The van der Waals surface area contributed by atoms with Gasteiger partial charge in [0.15, 0.2) is 0 Å². The van der Waals surface area contributed by atoms with Gasteiger partial charge in [0.25, 0.3) is 6.43 Å². The number of halogens is 3. The van der Waals surface area contributed by atoms with E-state index < -0.39 is 37.7 Å². The first kappa shape index (κ1) is 12.1. The van der Waals surface area contributed by atoms with Gasteiger partial charge >= 0.3 is 0 Å². The van der Waals surface area contributed by atoms with Crippen LogP contribution in [-0.4, -0.2) is 13.4 Å². The number of primary sulfonamides is 1. The molecule has 1 heterocycles. The third kappa shape index (κ3) is 2.33. The van der Waals surface area contributed by atoms with Crippen LogP contribution >= 0.6 is 11.6 Å². The molecule has 9 heteroatoms. The van der Waals surface area contributed by atoms with Crippen molar-refractivity contribution < 1.29 is 17.2 Å². The van der Waals surface area contributed by atoms with Crippen LogP contribution < -0.4 is 10.9 Å². The molecule has 0 atom stereocenters. The van der Waals surface area contributed by atoms with Gasteiger partial charge in [-0.15, -0.1) is 0 Å². The standard InChI is InChI=1S/C6H6ClF2N3O2S/c7-5-3(6(8)9)4(10)2(1-12-5)15(11,13)14/h1,6H,(H2,10,12)(H2,11,13,14). The van der Waals surface area contributed by atoms with E-state index in [1.54, 1.807) is 0 Å². The zero-order valence-corrected chi connectivity index (χ0v) is 8.69. The molecule has 0 aromatic carbocycles. The van der Waals surface area contributed by atoms with Crippen molar-refractivity contribution in [1.29, 1.82) is 0 Å². The molecule has 0 amide bonds. The zero-order valence-electron chi connectivity index (χ0n) is 7.12. The molecule has 0 saturated carbocycles. The Morgan fingerprint density at radius 3 is 2.40 bits per heavy atom. The van der Waals surface area contributed by atoms with E-state index >= 15 is 0 Å². The number of sulfonamides is 1. The Kier molecular flexibility index (Phi) is 3.12. The van der Waals surface area contributed by atoms with Gasteiger partial charge in [-0.25, -0.2) is 27.3 Å². The van der Waals surface area contributed by atoms with Crippen LogP contribution in [0.4, 0.5) is 14.5 Å². The minimum Gasteiger partial charge on any atom is -0.397 e. The molecule has 0 aliphatic rings. The summed E-state index contributed by atoms with van der Waals surface area (Å²) < 4.78 is 46.7. The molecule has 5 nitrogen and oxygen atoms in total. The van der Waals surface area contributed by atoms with E-state index in [0.717, 1.165) is 6.20 Å². The number of hydrogen-bond donors (Lipinski definition) is 2. The highest BCUT2D eigenvalue weighted by atomic mass is 35.5. The smallest absolute Gasteiger partial charge is 0.268 e. The van der Waals surface area contributed by atoms with Crippen LogP contribution in [0.3, 0.4) is 0 Å². The van der Waals surface area contributed by atoms with E-state index in [2.05, 4.69) is 4.98 Å². The van der Waals surface area contributed by atoms with Crippen LogP contribution in [-0.2, 0) is 10.0 Å². The molecule has 0 aliphatic carbocycles. The van der Waals surface area contributed by atoms with E-state index in [4.69, 9.17) is 22.5 Å². The number of rotatable bonds is 2. The Hall–Kier alpha value is -0.990. The molecule has 4 N–H and O–H groups in total. The second kappa shape index (κ2) is 3.87. The zero-order chi connectivity index (χ0) is 11.8. The number of nitrogens with two attached hydrogens (primary N) is 2. The molecule has 0 spiro atoms. The average molecular weight is 258 g/mol. The van der Waals surface area contributed by atoms with Crippen molar-refractivity contribution in [2.24, 2.45) is 5.14 Å². The Bertz CT molecular complexity index is 491. The minimum absolute atomic E-state index is 0.546. The molecule has 1 aromatic heterocycles. The summed E-state index contributed by atoms with van der Waals surface area (Å²) >= 11 is 5.34. The number of nitrogen functional groups attached to an aromatic ring is 1. The number of alkyl halides is 2. The molecule has 0 saturated heterocycles. The monoisotopic (exact) mass is 257 g/mol. The Morgan fingerprint density at radius 1 is 1.47 bits per heavy atom. The second-order valence-electron chi connectivity index (χ2n) is 2.59. The van der Waals surface area contributed by atoms with Crippen molar-refractivity contribution in [3.05, 3.63) is 16.9 Å². The maximum atomic E-state index is 12.4. The highest BCUT2D eigenvalue weighted by Gasteiger charge is 2.23. The topological polar surface area (TPSA) is 99.1 Å². The lowest BCUT2D eigenvalue weighted by molar-refractivity contribution is 0.151. The van der Waals surface area contributed by atoms with Crippen molar-refractivity contribution in [2.45, 2.75) is 11.3 Å². The molecule has 0 radical (unpaired) electrons. The van der Waals surface area contributed by atoms with Crippen LogP contribution in [0.15, 0.2) is 11.1 Å². The largest absolute Gasteiger partial charge is 0.397 e. The fourth-order valence-electron chi connectivity index (χ4n) is 0.933. The summed E-state index contributed by atoms with van der Waals surface area (Å²) in [5, 5.41) is 4.19. The summed E-state index contributed by atoms with van der Waals surface area (Å²) in [7, 11) is -4.19. The molecular formula is C6H6ClF2N3O2S. The molecule has 1 rings (SSSR count). The van der Waals surface area contributed by atoms with Crippen LogP contribution in [0, 0.1) is 0 Å². The molecule has 84 valence electrons. The van der Waals surface area contributed by atoms with Crippen LogP contribution in [0.5, 0.6) is 0 Å². The first-order valence-corrected chi connectivity index (χ1v) is 5.42. The number of hydrogen-bond acceptors (Lipinski definition) is 4. The lowest BCUT2D eigenvalue weighted by Crippen LogP contribution is -2.16. The highest BCUT2D eigenvalue weighted by Crippen LogP contribution is 2.33. The second-order valence-corrected chi connectivity index (χ2v) is 4.47. The summed E-state index contributed by atoms with van der Waals surface area (Å²) in [5.74, 6) is 0. The lowest BCUT2D eigenvalue weighted by Gasteiger charge is -2.09. The Labute approximate surface area is 89.1 Å². The van der Waals surface area contributed by atoms with Gasteiger partial charge < -0.3 is 5.73 Å². The van der Waals surface area contributed by atoms with Crippen molar-refractivity contribution in [3.63, 3.8) is 0 Å². The fourth-order valence-corrected chi connectivity index (χ4v) is 1.78. The number of anilines is 1. The van der Waals surface area contributed by atoms with Gasteiger partial charge in [0.1, 0.15) is 10.0 Å². The number of pyridine rings is 1. The van der Waals surface area contributed by atoms with E-state index in [-0.39, 0.29) is 0 Å². The van der Waals surface area contributed by atoms with Gasteiger partial charge in [0, 0.05) is 0 Å².